The molecule has 5 heteroatoms. The fourth-order valence-corrected chi connectivity index (χ4v) is 3.86. The first kappa shape index (κ1) is 18.3. The summed E-state index contributed by atoms with van der Waals surface area (Å²) in [6.07, 6.45) is 7.70. The average Bonchev–Trinajstić information content (AvgIpc) is 3.46. The smallest absolute Gasteiger partial charge is 0.236 e. The molecule has 2 fully saturated rings. The lowest BCUT2D eigenvalue weighted by Crippen LogP contribution is -2.42. The second-order valence-corrected chi connectivity index (χ2v) is 7.50. The summed E-state index contributed by atoms with van der Waals surface area (Å²) in [4.78, 5) is 24.0. The van der Waals surface area contributed by atoms with E-state index < -0.39 is 0 Å². The fraction of sp³-hybridized carbons (Fsp3) is 0.700. The number of aromatic nitrogens is 1. The van der Waals surface area contributed by atoms with Crippen LogP contribution in [0.25, 0.3) is 0 Å². The predicted molar refractivity (Wildman–Crippen MR) is 100 cm³/mol. The molecule has 2 heterocycles. The maximum absolute atomic E-state index is 12.7. The van der Waals surface area contributed by atoms with Crippen molar-refractivity contribution < 1.29 is 4.79 Å². The highest BCUT2D eigenvalue weighted by Crippen LogP contribution is 2.26. The lowest BCUT2D eigenvalue weighted by atomic mass is 10.1. The molecule has 0 N–H and O–H groups in total. The van der Waals surface area contributed by atoms with Crippen LogP contribution >= 0.6 is 0 Å². The average molecular weight is 345 g/mol. The summed E-state index contributed by atoms with van der Waals surface area (Å²) in [6.45, 7) is 6.43. The zero-order valence-corrected chi connectivity index (χ0v) is 15.7. The predicted octanol–water partition coefficient (Wildman–Crippen LogP) is 2.38. The third-order valence-corrected chi connectivity index (χ3v) is 5.62. The van der Waals surface area contributed by atoms with Gasteiger partial charge < -0.3 is 4.90 Å². The van der Waals surface area contributed by atoms with Crippen molar-refractivity contribution in [3.05, 3.63) is 30.1 Å². The van der Waals surface area contributed by atoms with E-state index in [0.29, 0.717) is 24.5 Å². The quantitative estimate of drug-likeness (QED) is 0.761. The van der Waals surface area contributed by atoms with E-state index in [9.17, 15) is 4.79 Å². The van der Waals surface area contributed by atoms with Gasteiger partial charge in [0.15, 0.2) is 0 Å². The van der Waals surface area contributed by atoms with Crippen LogP contribution in [-0.2, 0) is 11.3 Å². The van der Waals surface area contributed by atoms with E-state index in [0.717, 1.165) is 51.1 Å². The summed E-state index contributed by atoms with van der Waals surface area (Å²) in [7, 11) is 2.18. The number of likely N-dealkylation sites (tertiary alicyclic amines) is 1. The van der Waals surface area contributed by atoms with Crippen LogP contribution in [0.1, 0.15) is 44.7 Å². The number of pyridine rings is 1. The van der Waals surface area contributed by atoms with Gasteiger partial charge in [0.05, 0.1) is 12.2 Å². The van der Waals surface area contributed by atoms with E-state index in [1.54, 1.807) is 0 Å². The highest BCUT2D eigenvalue weighted by molar-refractivity contribution is 5.78. The molecular weight excluding hydrogens is 312 g/mol. The molecule has 0 spiro atoms. The van der Waals surface area contributed by atoms with E-state index in [1.165, 1.54) is 12.8 Å². The first-order chi connectivity index (χ1) is 12.2. The molecule has 1 aliphatic carbocycles. The number of carbonyl (C=O) groups excluding carboxylic acids is 1. The molecule has 1 unspecified atom stereocenters. The van der Waals surface area contributed by atoms with Crippen LogP contribution in [0.4, 0.5) is 0 Å². The van der Waals surface area contributed by atoms with Crippen LogP contribution in [0.5, 0.6) is 0 Å². The number of likely N-dealkylation sites (N-methyl/N-ethyl adjacent to an activating group) is 1. The minimum Gasteiger partial charge on any atom is -0.342 e. The van der Waals surface area contributed by atoms with Crippen LogP contribution < -0.4 is 0 Å². The minimum absolute atomic E-state index is 0.321. The fourth-order valence-electron chi connectivity index (χ4n) is 3.86. The van der Waals surface area contributed by atoms with Crippen LogP contribution in [0.2, 0.25) is 0 Å². The molecule has 1 saturated heterocycles. The first-order valence-corrected chi connectivity index (χ1v) is 9.79. The maximum atomic E-state index is 12.7. The molecule has 0 bridgehead atoms. The summed E-state index contributed by atoms with van der Waals surface area (Å²) < 4.78 is 0. The van der Waals surface area contributed by atoms with Gasteiger partial charge in [-0.15, -0.1) is 0 Å². The molecule has 0 radical (unpaired) electrons. The number of hydrogen-bond donors (Lipinski definition) is 0. The number of rotatable bonds is 7. The van der Waals surface area contributed by atoms with Crippen molar-refractivity contribution >= 4 is 5.91 Å². The molecule has 3 rings (SSSR count). The highest BCUT2D eigenvalue weighted by atomic mass is 16.2. The molecule has 0 aromatic carbocycles. The molecule has 1 atom stereocenters. The summed E-state index contributed by atoms with van der Waals surface area (Å²) in [5.41, 5.74) is 1.12. The molecule has 138 valence electrons. The van der Waals surface area contributed by atoms with Crippen molar-refractivity contribution in [2.24, 2.45) is 0 Å². The van der Waals surface area contributed by atoms with Crippen LogP contribution in [0.15, 0.2) is 24.4 Å². The maximum Gasteiger partial charge on any atom is 0.236 e. The Morgan fingerprint density at radius 3 is 2.72 bits per heavy atom. The van der Waals surface area contributed by atoms with Gasteiger partial charge in [-0.3, -0.25) is 19.6 Å². The zero-order valence-electron chi connectivity index (χ0n) is 15.7. The van der Waals surface area contributed by atoms with E-state index in [2.05, 4.69) is 39.7 Å². The Bertz CT molecular complexity index is 546. The molecule has 5 nitrogen and oxygen atoms in total. The van der Waals surface area contributed by atoms with Gasteiger partial charge in [-0.1, -0.05) is 13.0 Å². The molecule has 1 amide bonds. The van der Waals surface area contributed by atoms with Crippen molar-refractivity contribution in [1.29, 1.82) is 0 Å². The van der Waals surface area contributed by atoms with Gasteiger partial charge in [0.1, 0.15) is 0 Å². The molecule has 25 heavy (non-hydrogen) atoms. The van der Waals surface area contributed by atoms with Crippen molar-refractivity contribution in [2.45, 2.75) is 57.7 Å². The van der Waals surface area contributed by atoms with Crippen LogP contribution in [-0.4, -0.2) is 70.9 Å². The standard InChI is InChI=1S/C20H32N4O/c1-3-23(19-9-10-19)16-20(25)24-13-6-8-18(11-14-24)22(2)15-17-7-4-5-12-21-17/h4-5,7,12,18-19H,3,6,8-11,13-16H2,1-2H3. The van der Waals surface area contributed by atoms with Gasteiger partial charge in [0.25, 0.3) is 0 Å². The van der Waals surface area contributed by atoms with E-state index in [1.807, 2.05) is 18.3 Å². The second-order valence-electron chi connectivity index (χ2n) is 7.50. The second kappa shape index (κ2) is 8.77. The molecule has 1 aromatic rings. The summed E-state index contributed by atoms with van der Waals surface area (Å²) in [5, 5.41) is 0. The molecular formula is C20H32N4O. The van der Waals surface area contributed by atoms with Gasteiger partial charge in [0, 0.05) is 37.9 Å². The van der Waals surface area contributed by atoms with Crippen LogP contribution in [0.3, 0.4) is 0 Å². The SMILES string of the molecule is CCN(CC(=O)N1CCCC(N(C)Cc2ccccn2)CC1)C1CC1. The number of amides is 1. The third-order valence-electron chi connectivity index (χ3n) is 5.62. The lowest BCUT2D eigenvalue weighted by Gasteiger charge is -2.28. The van der Waals surface area contributed by atoms with E-state index >= 15 is 0 Å². The Morgan fingerprint density at radius 2 is 2.04 bits per heavy atom. The lowest BCUT2D eigenvalue weighted by molar-refractivity contribution is -0.132. The molecule has 1 aliphatic heterocycles. The summed E-state index contributed by atoms with van der Waals surface area (Å²) in [6, 6.07) is 7.28. The normalized spacial score (nSPS) is 21.6. The number of nitrogens with zero attached hydrogens (tertiary/aromatic N) is 4. The third kappa shape index (κ3) is 5.25. The monoisotopic (exact) mass is 344 g/mol. The molecule has 1 saturated carbocycles. The summed E-state index contributed by atoms with van der Waals surface area (Å²) >= 11 is 0. The zero-order chi connectivity index (χ0) is 17.6. The van der Waals surface area contributed by atoms with E-state index in [4.69, 9.17) is 0 Å². The van der Waals surface area contributed by atoms with Gasteiger partial charge in [0.2, 0.25) is 5.91 Å². The largest absolute Gasteiger partial charge is 0.342 e. The van der Waals surface area contributed by atoms with Gasteiger partial charge in [-0.2, -0.15) is 0 Å². The van der Waals surface area contributed by atoms with Crippen molar-refractivity contribution in [2.75, 3.05) is 33.2 Å². The minimum atomic E-state index is 0.321. The molecule has 2 aliphatic rings. The Balaban J connectivity index is 1.48. The van der Waals surface area contributed by atoms with Gasteiger partial charge in [-0.25, -0.2) is 0 Å². The summed E-state index contributed by atoms with van der Waals surface area (Å²) in [5.74, 6) is 0.321. The first-order valence-electron chi connectivity index (χ1n) is 9.79. The van der Waals surface area contributed by atoms with E-state index in [-0.39, 0.29) is 0 Å². The van der Waals surface area contributed by atoms with Crippen molar-refractivity contribution in [3.8, 4) is 0 Å². The van der Waals surface area contributed by atoms with Crippen LogP contribution in [0, 0.1) is 0 Å². The Hall–Kier alpha value is -1.46. The van der Waals surface area contributed by atoms with Crippen molar-refractivity contribution in [3.63, 3.8) is 0 Å². The Morgan fingerprint density at radius 1 is 1.20 bits per heavy atom. The topological polar surface area (TPSA) is 39.7 Å². The Labute approximate surface area is 152 Å². The Kier molecular flexibility index (Phi) is 6.43. The number of hydrogen-bond acceptors (Lipinski definition) is 4. The van der Waals surface area contributed by atoms with Crippen molar-refractivity contribution in [1.82, 2.24) is 19.7 Å². The van der Waals surface area contributed by atoms with Gasteiger partial charge in [-0.05, 0) is 57.8 Å². The number of carbonyl (C=O) groups is 1. The molecule has 1 aromatic heterocycles. The highest BCUT2D eigenvalue weighted by Gasteiger charge is 2.31. The van der Waals surface area contributed by atoms with Gasteiger partial charge >= 0.3 is 0 Å².